The molecule has 6 nitrogen and oxygen atoms in total. The maximum Gasteiger partial charge on any atom is 0.230 e. The molecular weight excluding hydrogens is 288 g/mol. The zero-order chi connectivity index (χ0) is 15.2. The number of carbonyl (C=O) groups excluding carboxylic acids is 1. The molecule has 0 aliphatic heterocycles. The van der Waals surface area contributed by atoms with E-state index in [4.69, 9.17) is 4.42 Å². The van der Waals surface area contributed by atoms with Gasteiger partial charge in [0, 0.05) is 13.1 Å². The molecule has 0 fully saturated rings. The average Bonchev–Trinajstić information content (AvgIpc) is 3.06. The Morgan fingerprint density at radius 2 is 2.33 bits per heavy atom. The summed E-state index contributed by atoms with van der Waals surface area (Å²) < 4.78 is 7.13. The highest BCUT2D eigenvalue weighted by atomic mass is 32.2. The van der Waals surface area contributed by atoms with Gasteiger partial charge < -0.3 is 14.3 Å². The second kappa shape index (κ2) is 7.31. The molecule has 2 heterocycles. The zero-order valence-corrected chi connectivity index (χ0v) is 13.3. The van der Waals surface area contributed by atoms with E-state index in [1.54, 1.807) is 12.3 Å². The number of furan rings is 1. The maximum absolute atomic E-state index is 11.8. The number of hydrogen-bond acceptors (Lipinski definition) is 5. The van der Waals surface area contributed by atoms with E-state index >= 15 is 0 Å². The highest BCUT2D eigenvalue weighted by molar-refractivity contribution is 7.99. The second-order valence-corrected chi connectivity index (χ2v) is 5.83. The van der Waals surface area contributed by atoms with Crippen molar-refractivity contribution in [3.05, 3.63) is 18.4 Å². The quantitative estimate of drug-likeness (QED) is 0.795. The van der Waals surface area contributed by atoms with Crippen LogP contribution in [0, 0.1) is 0 Å². The van der Waals surface area contributed by atoms with Crippen LogP contribution >= 0.6 is 11.8 Å². The van der Waals surface area contributed by atoms with Gasteiger partial charge in [0.2, 0.25) is 5.91 Å². The Labute approximate surface area is 128 Å². The molecule has 2 aromatic rings. The first-order chi connectivity index (χ1) is 10.1. The molecule has 0 unspecified atom stereocenters. The number of thioether (sulfide) groups is 1. The van der Waals surface area contributed by atoms with Crippen molar-refractivity contribution in [1.82, 2.24) is 20.1 Å². The van der Waals surface area contributed by atoms with Gasteiger partial charge in [0.05, 0.1) is 12.0 Å². The van der Waals surface area contributed by atoms with Crippen LogP contribution in [0.25, 0.3) is 11.6 Å². The van der Waals surface area contributed by atoms with E-state index in [-0.39, 0.29) is 11.9 Å². The zero-order valence-electron chi connectivity index (χ0n) is 12.5. The number of rotatable bonds is 7. The fourth-order valence-electron chi connectivity index (χ4n) is 2.01. The molecule has 0 bridgehead atoms. The molecule has 2 rings (SSSR count). The van der Waals surface area contributed by atoms with Crippen LogP contribution in [-0.4, -0.2) is 32.5 Å². The van der Waals surface area contributed by atoms with E-state index in [0.717, 1.165) is 12.8 Å². The van der Waals surface area contributed by atoms with Crippen LogP contribution in [-0.2, 0) is 11.8 Å². The first-order valence-electron chi connectivity index (χ1n) is 6.97. The maximum atomic E-state index is 11.8. The van der Waals surface area contributed by atoms with Gasteiger partial charge in [-0.1, -0.05) is 25.1 Å². The predicted octanol–water partition coefficient (Wildman–Crippen LogP) is 2.47. The van der Waals surface area contributed by atoms with E-state index in [2.05, 4.69) is 22.4 Å². The molecule has 7 heteroatoms. The highest BCUT2D eigenvalue weighted by Gasteiger charge is 2.15. The van der Waals surface area contributed by atoms with Crippen LogP contribution in [0.4, 0.5) is 0 Å². The van der Waals surface area contributed by atoms with Crippen molar-refractivity contribution >= 4 is 17.7 Å². The summed E-state index contributed by atoms with van der Waals surface area (Å²) in [5.41, 5.74) is 0. The molecule has 2 aromatic heterocycles. The smallest absolute Gasteiger partial charge is 0.230 e. The van der Waals surface area contributed by atoms with Gasteiger partial charge in [-0.05, 0) is 25.5 Å². The lowest BCUT2D eigenvalue weighted by molar-refractivity contribution is -0.119. The van der Waals surface area contributed by atoms with Crippen molar-refractivity contribution in [2.45, 2.75) is 37.9 Å². The van der Waals surface area contributed by atoms with Crippen molar-refractivity contribution in [2.75, 3.05) is 5.75 Å². The second-order valence-electron chi connectivity index (χ2n) is 4.89. The van der Waals surface area contributed by atoms with Crippen LogP contribution in [0.15, 0.2) is 28.0 Å². The van der Waals surface area contributed by atoms with Gasteiger partial charge in [0.25, 0.3) is 0 Å². The monoisotopic (exact) mass is 308 g/mol. The average molecular weight is 308 g/mol. The van der Waals surface area contributed by atoms with Crippen LogP contribution in [0.2, 0.25) is 0 Å². The molecule has 0 aliphatic rings. The molecular formula is C14H20N4O2S. The Morgan fingerprint density at radius 3 is 3.00 bits per heavy atom. The van der Waals surface area contributed by atoms with Crippen LogP contribution in [0.1, 0.15) is 26.7 Å². The normalized spacial score (nSPS) is 12.3. The topological polar surface area (TPSA) is 73.0 Å². The third-order valence-corrected chi connectivity index (χ3v) is 4.06. The summed E-state index contributed by atoms with van der Waals surface area (Å²) in [6.07, 6.45) is 3.65. The summed E-state index contributed by atoms with van der Waals surface area (Å²) in [7, 11) is 1.86. The highest BCUT2D eigenvalue weighted by Crippen LogP contribution is 2.22. The minimum absolute atomic E-state index is 0.0171. The van der Waals surface area contributed by atoms with Crippen LogP contribution in [0.5, 0.6) is 0 Å². The van der Waals surface area contributed by atoms with Gasteiger partial charge >= 0.3 is 0 Å². The Bertz CT molecular complexity index is 580. The van der Waals surface area contributed by atoms with Crippen molar-refractivity contribution in [3.8, 4) is 11.6 Å². The third kappa shape index (κ3) is 4.10. The molecule has 0 saturated heterocycles. The first kappa shape index (κ1) is 15.6. The van der Waals surface area contributed by atoms with Gasteiger partial charge in [0.1, 0.15) is 0 Å². The fourth-order valence-corrected chi connectivity index (χ4v) is 2.73. The lowest BCUT2D eigenvalue weighted by atomic mass is 10.2. The van der Waals surface area contributed by atoms with Crippen LogP contribution in [0.3, 0.4) is 0 Å². The minimum Gasteiger partial charge on any atom is -0.461 e. The van der Waals surface area contributed by atoms with E-state index in [1.165, 1.54) is 11.8 Å². The molecule has 0 saturated carbocycles. The van der Waals surface area contributed by atoms with Gasteiger partial charge in [-0.2, -0.15) is 0 Å². The molecule has 1 N–H and O–H groups in total. The third-order valence-electron chi connectivity index (χ3n) is 3.04. The fraction of sp³-hybridized carbons (Fsp3) is 0.500. The van der Waals surface area contributed by atoms with Gasteiger partial charge in [-0.3, -0.25) is 4.79 Å². The number of aromatic nitrogens is 3. The predicted molar refractivity (Wildman–Crippen MR) is 81.9 cm³/mol. The van der Waals surface area contributed by atoms with Gasteiger partial charge in [0.15, 0.2) is 16.7 Å². The Kier molecular flexibility index (Phi) is 5.44. The van der Waals surface area contributed by atoms with E-state index in [1.807, 2.05) is 24.6 Å². The Balaban J connectivity index is 1.91. The van der Waals surface area contributed by atoms with Crippen molar-refractivity contribution in [1.29, 1.82) is 0 Å². The van der Waals surface area contributed by atoms with Crippen molar-refractivity contribution < 1.29 is 9.21 Å². The van der Waals surface area contributed by atoms with E-state index in [9.17, 15) is 4.79 Å². The number of hydrogen-bond donors (Lipinski definition) is 1. The van der Waals surface area contributed by atoms with Crippen molar-refractivity contribution in [3.63, 3.8) is 0 Å². The summed E-state index contributed by atoms with van der Waals surface area (Å²) in [5, 5.41) is 11.9. The SMILES string of the molecule is CCC[C@@H](C)NC(=O)CSc1nnc(-c2ccco2)n1C. The first-order valence-corrected chi connectivity index (χ1v) is 7.95. The number of carbonyl (C=O) groups is 1. The van der Waals surface area contributed by atoms with E-state index in [0.29, 0.717) is 22.5 Å². The minimum atomic E-state index is 0.0171. The molecule has 114 valence electrons. The molecule has 0 aromatic carbocycles. The Morgan fingerprint density at radius 1 is 1.52 bits per heavy atom. The molecule has 0 spiro atoms. The lowest BCUT2D eigenvalue weighted by Crippen LogP contribution is -2.33. The summed E-state index contributed by atoms with van der Waals surface area (Å²) in [6.45, 7) is 4.12. The number of amides is 1. The molecule has 21 heavy (non-hydrogen) atoms. The molecule has 1 atom stereocenters. The van der Waals surface area contributed by atoms with E-state index < -0.39 is 0 Å². The van der Waals surface area contributed by atoms with Crippen LogP contribution < -0.4 is 5.32 Å². The summed E-state index contributed by atoms with van der Waals surface area (Å²) in [5.74, 6) is 1.67. The standard InChI is InChI=1S/C14H20N4O2S/c1-4-6-10(2)15-12(19)9-21-14-17-16-13(18(14)3)11-7-5-8-20-11/h5,7-8,10H,4,6,9H2,1-3H3,(H,15,19)/t10-/m1/s1. The number of nitrogens with one attached hydrogen (secondary N) is 1. The Hall–Kier alpha value is -1.76. The largest absolute Gasteiger partial charge is 0.461 e. The molecule has 1 amide bonds. The summed E-state index contributed by atoms with van der Waals surface area (Å²) in [4.78, 5) is 11.8. The lowest BCUT2D eigenvalue weighted by Gasteiger charge is -2.12. The molecule has 0 aliphatic carbocycles. The summed E-state index contributed by atoms with van der Waals surface area (Å²) >= 11 is 1.37. The molecule has 0 radical (unpaired) electrons. The van der Waals surface area contributed by atoms with Crippen molar-refractivity contribution in [2.24, 2.45) is 7.05 Å². The van der Waals surface area contributed by atoms with Gasteiger partial charge in [-0.15, -0.1) is 10.2 Å². The van der Waals surface area contributed by atoms with Gasteiger partial charge in [-0.25, -0.2) is 0 Å². The summed E-state index contributed by atoms with van der Waals surface area (Å²) in [6, 6.07) is 3.85. The number of nitrogens with zero attached hydrogens (tertiary/aromatic N) is 3.